The van der Waals surface area contributed by atoms with Crippen LogP contribution in [0.4, 0.5) is 18.9 Å². The van der Waals surface area contributed by atoms with Gasteiger partial charge in [0.2, 0.25) is 5.91 Å². The minimum Gasteiger partial charge on any atom is -0.497 e. The number of benzene rings is 3. The first kappa shape index (κ1) is 29.5. The number of amides is 1. The maximum atomic E-state index is 14.0. The number of carbonyl (C=O) groups excluding carboxylic acids is 1. The molecule has 0 radical (unpaired) electrons. The van der Waals surface area contributed by atoms with Crippen LogP contribution in [-0.2, 0) is 27.6 Å². The first-order valence-corrected chi connectivity index (χ1v) is 12.2. The van der Waals surface area contributed by atoms with Gasteiger partial charge in [-0.05, 0) is 47.4 Å². The molecule has 0 aromatic heterocycles. The number of methoxy groups -OCH3 is 1. The number of alkyl halides is 3. The molecule has 1 amide bonds. The van der Waals surface area contributed by atoms with E-state index in [4.69, 9.17) is 10.5 Å². The number of carboxylic acids is 1. The van der Waals surface area contributed by atoms with E-state index in [9.17, 15) is 33.0 Å². The number of hydrogen-bond acceptors (Lipinski definition) is 5. The van der Waals surface area contributed by atoms with E-state index in [2.05, 4.69) is 5.32 Å². The third kappa shape index (κ3) is 6.88. The number of nitrogens with two attached hydrogens (primary N) is 1. The van der Waals surface area contributed by atoms with Crippen LogP contribution in [0.1, 0.15) is 41.7 Å². The van der Waals surface area contributed by atoms with E-state index in [0.717, 1.165) is 12.1 Å². The van der Waals surface area contributed by atoms with Crippen LogP contribution in [-0.4, -0.2) is 35.7 Å². The molecule has 39 heavy (non-hydrogen) atoms. The lowest BCUT2D eigenvalue weighted by atomic mass is 9.71. The van der Waals surface area contributed by atoms with Gasteiger partial charge in [-0.15, -0.1) is 0 Å². The zero-order valence-electron chi connectivity index (χ0n) is 21.5. The third-order valence-electron chi connectivity index (χ3n) is 6.79. The highest BCUT2D eigenvalue weighted by atomic mass is 19.4. The SMILES string of the molecule is COc1ccc([C@](CC(=O)O)(Cc2c(N)cccc2C(F)(F)F)C(=O)NCC(C)C(O)c2ccccc2)cc1. The molecule has 208 valence electrons. The summed E-state index contributed by atoms with van der Waals surface area (Å²) in [6.07, 6.45) is -7.17. The molecular weight excluding hydrogens is 513 g/mol. The van der Waals surface area contributed by atoms with E-state index >= 15 is 0 Å². The molecule has 5 N–H and O–H groups in total. The van der Waals surface area contributed by atoms with Gasteiger partial charge >= 0.3 is 12.1 Å². The molecule has 0 aliphatic heterocycles. The van der Waals surface area contributed by atoms with Crippen LogP contribution < -0.4 is 15.8 Å². The number of anilines is 1. The third-order valence-corrected chi connectivity index (χ3v) is 6.79. The second kappa shape index (κ2) is 12.2. The van der Waals surface area contributed by atoms with Crippen LogP contribution >= 0.6 is 0 Å². The predicted molar refractivity (Wildman–Crippen MR) is 140 cm³/mol. The summed E-state index contributed by atoms with van der Waals surface area (Å²) in [6, 6.07) is 18.0. The van der Waals surface area contributed by atoms with Gasteiger partial charge in [0, 0.05) is 18.2 Å². The Morgan fingerprint density at radius 1 is 1.00 bits per heavy atom. The highest BCUT2D eigenvalue weighted by Gasteiger charge is 2.45. The number of aliphatic carboxylic acids is 1. The van der Waals surface area contributed by atoms with E-state index in [-0.39, 0.29) is 23.4 Å². The van der Waals surface area contributed by atoms with Gasteiger partial charge in [-0.1, -0.05) is 55.5 Å². The molecule has 10 heteroatoms. The van der Waals surface area contributed by atoms with Gasteiger partial charge in [-0.2, -0.15) is 13.2 Å². The molecule has 2 unspecified atom stereocenters. The van der Waals surface area contributed by atoms with Crippen molar-refractivity contribution in [2.45, 2.75) is 37.5 Å². The van der Waals surface area contributed by atoms with Crippen molar-refractivity contribution >= 4 is 17.6 Å². The monoisotopic (exact) mass is 544 g/mol. The second-order valence-corrected chi connectivity index (χ2v) is 9.47. The molecule has 3 aromatic rings. The summed E-state index contributed by atoms with van der Waals surface area (Å²) in [5.41, 5.74) is 3.16. The van der Waals surface area contributed by atoms with Gasteiger partial charge in [0.1, 0.15) is 5.75 Å². The number of ether oxygens (including phenoxy) is 1. The van der Waals surface area contributed by atoms with Crippen LogP contribution in [0.2, 0.25) is 0 Å². The number of hydrogen-bond donors (Lipinski definition) is 4. The van der Waals surface area contributed by atoms with Crippen molar-refractivity contribution in [2.75, 3.05) is 19.4 Å². The maximum Gasteiger partial charge on any atom is 0.416 e. The Morgan fingerprint density at radius 3 is 2.21 bits per heavy atom. The first-order valence-electron chi connectivity index (χ1n) is 12.2. The molecule has 0 fully saturated rings. The van der Waals surface area contributed by atoms with Crippen LogP contribution in [0.15, 0.2) is 72.8 Å². The van der Waals surface area contributed by atoms with Gasteiger partial charge in [0.25, 0.3) is 0 Å². The molecule has 0 bridgehead atoms. The Morgan fingerprint density at radius 2 is 1.64 bits per heavy atom. The highest BCUT2D eigenvalue weighted by molar-refractivity contribution is 5.93. The van der Waals surface area contributed by atoms with Crippen LogP contribution in [0.5, 0.6) is 5.75 Å². The Balaban J connectivity index is 2.07. The molecule has 0 saturated heterocycles. The van der Waals surface area contributed by atoms with E-state index < -0.39 is 53.9 Å². The van der Waals surface area contributed by atoms with E-state index in [1.54, 1.807) is 37.3 Å². The summed E-state index contributed by atoms with van der Waals surface area (Å²) in [7, 11) is 1.42. The number of aliphatic hydroxyl groups excluding tert-OH is 1. The lowest BCUT2D eigenvalue weighted by molar-refractivity contribution is -0.142. The van der Waals surface area contributed by atoms with Crippen molar-refractivity contribution in [2.24, 2.45) is 5.92 Å². The minimum absolute atomic E-state index is 0.0666. The quantitative estimate of drug-likeness (QED) is 0.259. The maximum absolute atomic E-state index is 14.0. The summed E-state index contributed by atoms with van der Waals surface area (Å²) >= 11 is 0. The molecule has 3 atom stereocenters. The topological polar surface area (TPSA) is 122 Å². The lowest BCUT2D eigenvalue weighted by Gasteiger charge is -2.34. The largest absolute Gasteiger partial charge is 0.497 e. The average Bonchev–Trinajstić information content (AvgIpc) is 2.91. The summed E-state index contributed by atoms with van der Waals surface area (Å²) < 4.78 is 47.0. The second-order valence-electron chi connectivity index (χ2n) is 9.47. The Bertz CT molecular complexity index is 1280. The predicted octanol–water partition coefficient (Wildman–Crippen LogP) is 4.74. The van der Waals surface area contributed by atoms with Gasteiger partial charge < -0.3 is 26.0 Å². The summed E-state index contributed by atoms with van der Waals surface area (Å²) in [5, 5.41) is 23.3. The van der Waals surface area contributed by atoms with Crippen LogP contribution in [0, 0.1) is 5.92 Å². The Hall–Kier alpha value is -4.05. The van der Waals surface area contributed by atoms with Gasteiger partial charge in [0.15, 0.2) is 0 Å². The van der Waals surface area contributed by atoms with Crippen LogP contribution in [0.25, 0.3) is 0 Å². The fourth-order valence-corrected chi connectivity index (χ4v) is 4.61. The number of halogens is 3. The normalized spacial score (nSPS) is 14.6. The van der Waals surface area contributed by atoms with Crippen molar-refractivity contribution < 1.29 is 37.7 Å². The summed E-state index contributed by atoms with van der Waals surface area (Å²) in [5.74, 6) is -2.28. The van der Waals surface area contributed by atoms with Gasteiger partial charge in [0.05, 0.1) is 30.6 Å². The number of carboxylic acid groups (broad SMARTS) is 1. The van der Waals surface area contributed by atoms with Gasteiger partial charge in [-0.25, -0.2) is 0 Å². The molecule has 7 nitrogen and oxygen atoms in total. The van der Waals surface area contributed by atoms with Crippen molar-refractivity contribution in [3.05, 3.63) is 95.1 Å². The van der Waals surface area contributed by atoms with Crippen molar-refractivity contribution in [1.29, 1.82) is 0 Å². The number of rotatable bonds is 11. The zero-order chi connectivity index (χ0) is 28.8. The Kier molecular flexibility index (Phi) is 9.24. The van der Waals surface area contributed by atoms with E-state index in [1.807, 2.05) is 0 Å². The van der Waals surface area contributed by atoms with Crippen molar-refractivity contribution in [3.63, 3.8) is 0 Å². The standard InChI is InChI=1S/C29H31F3N2O5/c1-18(26(37)19-7-4-3-5-8-19)17-34-27(38)28(16-25(35)36,20-11-13-21(39-2)14-12-20)15-22-23(29(30,31)32)9-6-10-24(22)33/h3-14,18,26,37H,15-17,33H2,1-2H3,(H,34,38)(H,35,36)/t18?,26?,28-/m1/s1. The molecule has 0 spiro atoms. The number of nitrogens with one attached hydrogen (secondary N) is 1. The minimum atomic E-state index is -4.79. The molecule has 0 saturated carbocycles. The van der Waals surface area contributed by atoms with Crippen molar-refractivity contribution in [3.8, 4) is 5.75 Å². The van der Waals surface area contributed by atoms with E-state index in [1.165, 1.54) is 37.4 Å². The van der Waals surface area contributed by atoms with Gasteiger partial charge in [-0.3, -0.25) is 9.59 Å². The molecule has 3 aromatic carbocycles. The fraction of sp³-hybridized carbons (Fsp3) is 0.310. The first-order chi connectivity index (χ1) is 18.4. The van der Waals surface area contributed by atoms with Crippen LogP contribution in [0.3, 0.4) is 0 Å². The lowest BCUT2D eigenvalue weighted by Crippen LogP contribution is -2.49. The number of nitrogen functional groups attached to an aromatic ring is 1. The summed E-state index contributed by atoms with van der Waals surface area (Å²) in [6.45, 7) is 1.63. The van der Waals surface area contributed by atoms with Crippen molar-refractivity contribution in [1.82, 2.24) is 5.32 Å². The molecule has 0 aliphatic rings. The Labute approximate surface area is 224 Å². The van der Waals surface area contributed by atoms with E-state index in [0.29, 0.717) is 11.3 Å². The molecule has 0 heterocycles. The molecule has 3 rings (SSSR count). The number of aliphatic hydroxyl groups is 1. The highest BCUT2D eigenvalue weighted by Crippen LogP contribution is 2.41. The summed E-state index contributed by atoms with van der Waals surface area (Å²) in [4.78, 5) is 26.0. The zero-order valence-corrected chi connectivity index (χ0v) is 21.5. The molecular formula is C29H31F3N2O5. The number of carbonyl (C=O) groups is 2. The average molecular weight is 545 g/mol. The molecule has 0 aliphatic carbocycles. The fourth-order valence-electron chi connectivity index (χ4n) is 4.61. The smallest absolute Gasteiger partial charge is 0.416 e.